The van der Waals surface area contributed by atoms with Gasteiger partial charge in [-0.2, -0.15) is 0 Å². The Morgan fingerprint density at radius 3 is 3.05 bits per heavy atom. The SMILES string of the molecule is O=C(CC1CSc2nccc(=O)n21)Nc1ccccc1F. The third kappa shape index (κ3) is 2.82. The molecule has 0 saturated heterocycles. The fourth-order valence-corrected chi connectivity index (χ4v) is 3.34. The van der Waals surface area contributed by atoms with Gasteiger partial charge >= 0.3 is 0 Å². The van der Waals surface area contributed by atoms with Crippen LogP contribution in [0.4, 0.5) is 10.1 Å². The largest absolute Gasteiger partial charge is 0.324 e. The molecule has 21 heavy (non-hydrogen) atoms. The number of thioether (sulfide) groups is 1. The summed E-state index contributed by atoms with van der Waals surface area (Å²) in [7, 11) is 0. The molecule has 0 aliphatic carbocycles. The maximum Gasteiger partial charge on any atom is 0.254 e. The van der Waals surface area contributed by atoms with Gasteiger partial charge in [0, 0.05) is 24.4 Å². The maximum absolute atomic E-state index is 13.5. The van der Waals surface area contributed by atoms with E-state index in [1.165, 1.54) is 40.7 Å². The average molecular weight is 305 g/mol. The standard InChI is InChI=1S/C14H12FN3O2S/c15-10-3-1-2-4-11(10)17-12(19)7-9-8-21-14-16-6-5-13(20)18(9)14/h1-6,9H,7-8H2,(H,17,19). The Morgan fingerprint density at radius 2 is 2.24 bits per heavy atom. The minimum atomic E-state index is -0.481. The van der Waals surface area contributed by atoms with Crippen LogP contribution in [-0.4, -0.2) is 21.2 Å². The Balaban J connectivity index is 1.73. The average Bonchev–Trinajstić information content (AvgIpc) is 2.86. The normalized spacial score (nSPS) is 16.5. The molecule has 1 atom stereocenters. The Labute approximate surface area is 124 Å². The van der Waals surface area contributed by atoms with Crippen molar-refractivity contribution >= 4 is 23.4 Å². The molecule has 0 fully saturated rings. The molecule has 7 heteroatoms. The number of hydrogen-bond donors (Lipinski definition) is 1. The number of fused-ring (bicyclic) bond motifs is 1. The van der Waals surface area contributed by atoms with E-state index in [1.54, 1.807) is 12.1 Å². The van der Waals surface area contributed by atoms with Gasteiger partial charge in [-0.05, 0) is 12.1 Å². The van der Waals surface area contributed by atoms with Gasteiger partial charge in [0.15, 0.2) is 5.16 Å². The van der Waals surface area contributed by atoms with Crippen molar-refractivity contribution in [1.29, 1.82) is 0 Å². The molecule has 1 aromatic heterocycles. The minimum absolute atomic E-state index is 0.111. The molecule has 1 aliphatic heterocycles. The Kier molecular flexibility index (Phi) is 3.74. The van der Waals surface area contributed by atoms with Gasteiger partial charge < -0.3 is 5.32 Å². The van der Waals surface area contributed by atoms with Crippen LogP contribution in [0, 0.1) is 5.82 Å². The quantitative estimate of drug-likeness (QED) is 0.882. The highest BCUT2D eigenvalue weighted by atomic mass is 32.2. The summed E-state index contributed by atoms with van der Waals surface area (Å²) >= 11 is 1.44. The van der Waals surface area contributed by atoms with Crippen LogP contribution in [0.15, 0.2) is 46.5 Å². The molecule has 2 aromatic rings. The topological polar surface area (TPSA) is 64.0 Å². The summed E-state index contributed by atoms with van der Waals surface area (Å²) in [5, 5.41) is 3.15. The molecular weight excluding hydrogens is 293 g/mol. The highest BCUT2D eigenvalue weighted by Gasteiger charge is 2.26. The summed E-state index contributed by atoms with van der Waals surface area (Å²) < 4.78 is 15.0. The van der Waals surface area contributed by atoms with Crippen molar-refractivity contribution in [2.24, 2.45) is 0 Å². The van der Waals surface area contributed by atoms with Crippen molar-refractivity contribution in [3.63, 3.8) is 0 Å². The van der Waals surface area contributed by atoms with E-state index in [-0.39, 0.29) is 29.6 Å². The predicted octanol–water partition coefficient (Wildman–Crippen LogP) is 2.06. The van der Waals surface area contributed by atoms with Crippen molar-refractivity contribution < 1.29 is 9.18 Å². The number of carbonyl (C=O) groups is 1. The number of amides is 1. The molecule has 1 aliphatic rings. The van der Waals surface area contributed by atoms with Crippen LogP contribution in [0.3, 0.4) is 0 Å². The van der Waals surface area contributed by atoms with E-state index in [0.29, 0.717) is 10.9 Å². The number of aromatic nitrogens is 2. The Bertz CT molecular complexity index is 747. The second-order valence-electron chi connectivity index (χ2n) is 4.63. The van der Waals surface area contributed by atoms with E-state index >= 15 is 0 Å². The molecule has 0 saturated carbocycles. The molecular formula is C14H12FN3O2S. The lowest BCUT2D eigenvalue weighted by Gasteiger charge is -2.13. The first kappa shape index (κ1) is 13.8. The number of para-hydroxylation sites is 1. The second-order valence-corrected chi connectivity index (χ2v) is 5.62. The number of anilines is 1. The van der Waals surface area contributed by atoms with Crippen molar-refractivity contribution in [3.05, 3.63) is 52.7 Å². The summed E-state index contributed by atoms with van der Waals surface area (Å²) in [5.41, 5.74) is -0.0272. The number of hydrogen-bond acceptors (Lipinski definition) is 4. The lowest BCUT2D eigenvalue weighted by Crippen LogP contribution is -2.27. The van der Waals surface area contributed by atoms with Crippen LogP contribution in [0.2, 0.25) is 0 Å². The van der Waals surface area contributed by atoms with Crippen LogP contribution in [0.1, 0.15) is 12.5 Å². The third-order valence-corrected chi connectivity index (χ3v) is 4.30. The fourth-order valence-electron chi connectivity index (χ4n) is 2.22. The highest BCUT2D eigenvalue weighted by Crippen LogP contribution is 2.31. The first-order chi connectivity index (χ1) is 10.1. The Morgan fingerprint density at radius 1 is 1.43 bits per heavy atom. The van der Waals surface area contributed by atoms with Gasteiger partial charge in [-0.15, -0.1) is 0 Å². The molecule has 0 radical (unpaired) electrons. The summed E-state index contributed by atoms with van der Waals surface area (Å²) in [5.74, 6) is -0.197. The molecule has 2 heterocycles. The predicted molar refractivity (Wildman–Crippen MR) is 77.9 cm³/mol. The van der Waals surface area contributed by atoms with Gasteiger partial charge in [0.25, 0.3) is 5.56 Å². The lowest BCUT2D eigenvalue weighted by molar-refractivity contribution is -0.116. The second kappa shape index (κ2) is 5.69. The molecule has 0 bridgehead atoms. The number of carbonyl (C=O) groups excluding carboxylic acids is 1. The lowest BCUT2D eigenvalue weighted by atomic mass is 10.2. The molecule has 108 valence electrons. The summed E-state index contributed by atoms with van der Waals surface area (Å²) in [4.78, 5) is 28.0. The van der Waals surface area contributed by atoms with Crippen LogP contribution < -0.4 is 10.9 Å². The number of nitrogens with zero attached hydrogens (tertiary/aromatic N) is 2. The van der Waals surface area contributed by atoms with Gasteiger partial charge in [0.2, 0.25) is 5.91 Å². The van der Waals surface area contributed by atoms with Crippen molar-refractivity contribution in [1.82, 2.24) is 9.55 Å². The van der Waals surface area contributed by atoms with Gasteiger partial charge in [-0.1, -0.05) is 23.9 Å². The van der Waals surface area contributed by atoms with Gasteiger partial charge in [-0.25, -0.2) is 9.37 Å². The molecule has 1 amide bonds. The fraction of sp³-hybridized carbons (Fsp3) is 0.214. The van der Waals surface area contributed by atoms with E-state index in [1.807, 2.05) is 0 Å². The van der Waals surface area contributed by atoms with Gasteiger partial charge in [-0.3, -0.25) is 14.2 Å². The Hall–Kier alpha value is -2.15. The first-order valence-corrected chi connectivity index (χ1v) is 7.38. The molecule has 0 spiro atoms. The smallest absolute Gasteiger partial charge is 0.254 e. The molecule has 5 nitrogen and oxygen atoms in total. The van der Waals surface area contributed by atoms with Crippen LogP contribution in [0.5, 0.6) is 0 Å². The maximum atomic E-state index is 13.5. The molecule has 1 aromatic carbocycles. The van der Waals surface area contributed by atoms with Gasteiger partial charge in [0.1, 0.15) is 5.82 Å². The first-order valence-electron chi connectivity index (χ1n) is 6.40. The summed E-state index contributed by atoms with van der Waals surface area (Å²) in [6.07, 6.45) is 1.57. The van der Waals surface area contributed by atoms with E-state index < -0.39 is 5.82 Å². The number of nitrogens with one attached hydrogen (secondary N) is 1. The molecule has 3 rings (SSSR count). The summed E-state index contributed by atoms with van der Waals surface area (Å²) in [6, 6.07) is 7.10. The minimum Gasteiger partial charge on any atom is -0.324 e. The zero-order chi connectivity index (χ0) is 14.8. The highest BCUT2D eigenvalue weighted by molar-refractivity contribution is 7.99. The van der Waals surface area contributed by atoms with Crippen LogP contribution in [-0.2, 0) is 4.79 Å². The monoisotopic (exact) mass is 305 g/mol. The zero-order valence-corrected chi connectivity index (χ0v) is 11.8. The number of rotatable bonds is 3. The van der Waals surface area contributed by atoms with E-state index in [9.17, 15) is 14.0 Å². The van der Waals surface area contributed by atoms with E-state index in [0.717, 1.165) is 0 Å². The molecule has 1 unspecified atom stereocenters. The van der Waals surface area contributed by atoms with E-state index in [2.05, 4.69) is 10.3 Å². The zero-order valence-electron chi connectivity index (χ0n) is 11.0. The van der Waals surface area contributed by atoms with E-state index in [4.69, 9.17) is 0 Å². The van der Waals surface area contributed by atoms with Crippen LogP contribution in [0.25, 0.3) is 0 Å². The third-order valence-electron chi connectivity index (χ3n) is 3.18. The molecule has 1 N–H and O–H groups in total. The van der Waals surface area contributed by atoms with Crippen molar-refractivity contribution in [3.8, 4) is 0 Å². The van der Waals surface area contributed by atoms with Crippen molar-refractivity contribution in [2.45, 2.75) is 17.6 Å². The van der Waals surface area contributed by atoms with Gasteiger partial charge in [0.05, 0.1) is 11.7 Å². The number of benzene rings is 1. The number of halogens is 1. The van der Waals surface area contributed by atoms with Crippen molar-refractivity contribution in [2.75, 3.05) is 11.1 Å². The summed E-state index contributed by atoms with van der Waals surface area (Å²) in [6.45, 7) is 0. The van der Waals surface area contributed by atoms with Crippen LogP contribution >= 0.6 is 11.8 Å².